The molecule has 2 aromatic carbocycles. The molecule has 3 aromatic rings. The molecule has 1 heterocycles. The number of benzene rings is 2. The molecule has 0 aliphatic carbocycles. The van der Waals surface area contributed by atoms with E-state index in [1.54, 1.807) is 0 Å². The summed E-state index contributed by atoms with van der Waals surface area (Å²) in [6.07, 6.45) is 0. The number of nitrogen functional groups attached to an aromatic ring is 1. The van der Waals surface area contributed by atoms with E-state index < -0.39 is 35.1 Å². The van der Waals surface area contributed by atoms with E-state index >= 15 is 0 Å². The first-order valence-electron chi connectivity index (χ1n) is 8.09. The Balaban J connectivity index is 1.83. The number of anilines is 3. The minimum absolute atomic E-state index is 0.00447. The number of hydrogen-bond acceptors (Lipinski definition) is 4. The summed E-state index contributed by atoms with van der Waals surface area (Å²) in [7, 11) is 0. The number of carbonyl (C=O) groups is 2. The number of rotatable bonds is 4. The summed E-state index contributed by atoms with van der Waals surface area (Å²) < 4.78 is 52.6. The first-order valence-corrected chi connectivity index (χ1v) is 8.90. The number of amides is 2. The Labute approximate surface area is 166 Å². The lowest BCUT2D eigenvalue weighted by Crippen LogP contribution is -2.16. The van der Waals surface area contributed by atoms with Gasteiger partial charge in [0.1, 0.15) is 0 Å². The molecule has 0 aliphatic rings. The van der Waals surface area contributed by atoms with Gasteiger partial charge in [0.2, 0.25) is 0 Å². The standard InChI is InChI=1S/C19H13F4N3O2S/c1-8-15(18(27)25-9-2-4-11(20)13(22)6-9)17(24)29-16(8)19(28)26-10-3-5-12(21)14(23)7-10/h2-7H,24H2,1H3,(H,25,27)(H,26,28). The molecule has 2 amide bonds. The smallest absolute Gasteiger partial charge is 0.266 e. The predicted molar refractivity (Wildman–Crippen MR) is 102 cm³/mol. The van der Waals surface area contributed by atoms with Crippen molar-refractivity contribution in [2.75, 3.05) is 16.4 Å². The van der Waals surface area contributed by atoms with Crippen LogP contribution in [-0.4, -0.2) is 11.8 Å². The average Bonchev–Trinajstić information content (AvgIpc) is 2.96. The van der Waals surface area contributed by atoms with Crippen LogP contribution in [0, 0.1) is 30.2 Å². The van der Waals surface area contributed by atoms with E-state index in [1.165, 1.54) is 19.1 Å². The van der Waals surface area contributed by atoms with Crippen molar-refractivity contribution in [1.29, 1.82) is 0 Å². The van der Waals surface area contributed by atoms with Gasteiger partial charge >= 0.3 is 0 Å². The molecule has 0 aliphatic heterocycles. The van der Waals surface area contributed by atoms with Gasteiger partial charge < -0.3 is 16.4 Å². The molecule has 0 spiro atoms. The van der Waals surface area contributed by atoms with Gasteiger partial charge in [-0.1, -0.05) is 0 Å². The largest absolute Gasteiger partial charge is 0.390 e. The first-order chi connectivity index (χ1) is 13.7. The number of carbonyl (C=O) groups excluding carboxylic acids is 2. The van der Waals surface area contributed by atoms with Gasteiger partial charge in [-0.25, -0.2) is 17.6 Å². The molecular weight excluding hydrogens is 410 g/mol. The fraction of sp³-hybridized carbons (Fsp3) is 0.0526. The maximum Gasteiger partial charge on any atom is 0.266 e. The number of nitrogens with one attached hydrogen (secondary N) is 2. The van der Waals surface area contributed by atoms with Gasteiger partial charge in [-0.05, 0) is 36.8 Å². The lowest BCUT2D eigenvalue weighted by molar-refractivity contribution is 0.102. The minimum Gasteiger partial charge on any atom is -0.390 e. The zero-order valence-corrected chi connectivity index (χ0v) is 15.6. The summed E-state index contributed by atoms with van der Waals surface area (Å²) in [6, 6.07) is 5.69. The van der Waals surface area contributed by atoms with E-state index in [2.05, 4.69) is 10.6 Å². The van der Waals surface area contributed by atoms with Crippen LogP contribution in [0.25, 0.3) is 0 Å². The van der Waals surface area contributed by atoms with Gasteiger partial charge in [0, 0.05) is 23.5 Å². The molecule has 0 saturated carbocycles. The van der Waals surface area contributed by atoms with E-state index in [9.17, 15) is 27.2 Å². The highest BCUT2D eigenvalue weighted by atomic mass is 32.1. The maximum atomic E-state index is 13.3. The van der Waals surface area contributed by atoms with E-state index in [1.807, 2.05) is 0 Å². The Kier molecular flexibility index (Phi) is 5.55. The highest BCUT2D eigenvalue weighted by molar-refractivity contribution is 7.18. The lowest BCUT2D eigenvalue weighted by Gasteiger charge is -2.07. The van der Waals surface area contributed by atoms with Gasteiger partial charge in [0.05, 0.1) is 15.4 Å². The van der Waals surface area contributed by atoms with Crippen molar-refractivity contribution >= 4 is 39.5 Å². The number of hydrogen-bond donors (Lipinski definition) is 3. The van der Waals surface area contributed by atoms with Crippen LogP contribution >= 0.6 is 11.3 Å². The highest BCUT2D eigenvalue weighted by Crippen LogP contribution is 2.32. The molecule has 0 bridgehead atoms. The zero-order valence-electron chi connectivity index (χ0n) is 14.8. The monoisotopic (exact) mass is 423 g/mol. The van der Waals surface area contributed by atoms with Gasteiger partial charge in [-0.15, -0.1) is 11.3 Å². The predicted octanol–water partition coefficient (Wildman–Crippen LogP) is 4.70. The molecule has 0 fully saturated rings. The summed E-state index contributed by atoms with van der Waals surface area (Å²) in [6.45, 7) is 1.48. The third-order valence-electron chi connectivity index (χ3n) is 3.96. The second-order valence-electron chi connectivity index (χ2n) is 5.96. The molecule has 3 rings (SSSR count). The third kappa shape index (κ3) is 4.21. The number of nitrogens with two attached hydrogens (primary N) is 1. The number of halogens is 4. The van der Waals surface area contributed by atoms with Crippen LogP contribution in [0.15, 0.2) is 36.4 Å². The highest BCUT2D eigenvalue weighted by Gasteiger charge is 2.24. The number of thiophene rings is 1. The summed E-state index contributed by atoms with van der Waals surface area (Å²) in [5, 5.41) is 4.80. The van der Waals surface area contributed by atoms with Crippen LogP contribution in [0.5, 0.6) is 0 Å². The molecule has 5 nitrogen and oxygen atoms in total. The van der Waals surface area contributed by atoms with Gasteiger partial charge in [0.15, 0.2) is 23.3 Å². The van der Waals surface area contributed by atoms with Crippen LogP contribution < -0.4 is 16.4 Å². The average molecular weight is 423 g/mol. The van der Waals surface area contributed by atoms with Crippen molar-refractivity contribution in [3.05, 3.63) is 75.7 Å². The van der Waals surface area contributed by atoms with Gasteiger partial charge in [-0.3, -0.25) is 9.59 Å². The van der Waals surface area contributed by atoms with E-state index in [4.69, 9.17) is 5.73 Å². The van der Waals surface area contributed by atoms with Crippen LogP contribution in [0.4, 0.5) is 33.9 Å². The van der Waals surface area contributed by atoms with Crippen molar-refractivity contribution in [2.24, 2.45) is 0 Å². The zero-order chi connectivity index (χ0) is 21.3. The Morgan fingerprint density at radius 2 is 1.31 bits per heavy atom. The van der Waals surface area contributed by atoms with Crippen molar-refractivity contribution in [3.63, 3.8) is 0 Å². The lowest BCUT2D eigenvalue weighted by atomic mass is 10.1. The third-order valence-corrected chi connectivity index (χ3v) is 5.08. The van der Waals surface area contributed by atoms with Crippen LogP contribution in [0.2, 0.25) is 0 Å². The quantitative estimate of drug-likeness (QED) is 0.532. The van der Waals surface area contributed by atoms with Crippen LogP contribution in [0.1, 0.15) is 25.6 Å². The van der Waals surface area contributed by atoms with Crippen molar-refractivity contribution in [1.82, 2.24) is 0 Å². The summed E-state index contributed by atoms with van der Waals surface area (Å²) >= 11 is 0.823. The fourth-order valence-corrected chi connectivity index (χ4v) is 3.53. The molecule has 0 atom stereocenters. The molecular formula is C19H13F4N3O2S. The molecule has 0 unspecified atom stereocenters. The molecule has 0 saturated heterocycles. The minimum atomic E-state index is -1.13. The van der Waals surface area contributed by atoms with Crippen LogP contribution in [-0.2, 0) is 0 Å². The normalized spacial score (nSPS) is 10.7. The molecule has 0 radical (unpaired) electrons. The molecule has 4 N–H and O–H groups in total. The Bertz CT molecular complexity index is 1130. The summed E-state index contributed by atoms with van der Waals surface area (Å²) in [4.78, 5) is 25.1. The van der Waals surface area contributed by atoms with Gasteiger partial charge in [-0.2, -0.15) is 0 Å². The molecule has 150 valence electrons. The molecule has 1 aromatic heterocycles. The Morgan fingerprint density at radius 3 is 1.79 bits per heavy atom. The Hall–Kier alpha value is -3.40. The van der Waals surface area contributed by atoms with E-state index in [0.717, 1.165) is 35.6 Å². The van der Waals surface area contributed by atoms with Crippen LogP contribution in [0.3, 0.4) is 0 Å². The van der Waals surface area contributed by atoms with E-state index in [0.29, 0.717) is 0 Å². The van der Waals surface area contributed by atoms with Crippen molar-refractivity contribution in [3.8, 4) is 0 Å². The molecule has 10 heteroatoms. The fourth-order valence-electron chi connectivity index (χ4n) is 2.56. The van der Waals surface area contributed by atoms with E-state index in [-0.39, 0.29) is 32.4 Å². The first kappa shape index (κ1) is 20.3. The Morgan fingerprint density at radius 1 is 0.828 bits per heavy atom. The van der Waals surface area contributed by atoms with Crippen molar-refractivity contribution < 1.29 is 27.2 Å². The second kappa shape index (κ2) is 7.92. The van der Waals surface area contributed by atoms with Crippen molar-refractivity contribution in [2.45, 2.75) is 6.92 Å². The summed E-state index contributed by atoms with van der Waals surface area (Å²) in [5.41, 5.74) is 6.13. The van der Waals surface area contributed by atoms with Gasteiger partial charge in [0.25, 0.3) is 11.8 Å². The summed E-state index contributed by atoms with van der Waals surface area (Å²) in [5.74, 6) is -5.77. The molecule has 29 heavy (non-hydrogen) atoms. The second-order valence-corrected chi connectivity index (χ2v) is 7.01. The SMILES string of the molecule is Cc1c(C(=O)Nc2ccc(F)c(F)c2)sc(N)c1C(=O)Nc1ccc(F)c(F)c1. The maximum absolute atomic E-state index is 13.3. The topological polar surface area (TPSA) is 84.2 Å².